The van der Waals surface area contributed by atoms with E-state index >= 15 is 0 Å². The largest absolute Gasteiger partial charge is 0.395 e. The van der Waals surface area contributed by atoms with Crippen LogP contribution in [0.2, 0.25) is 0 Å². The number of hydrogen-bond acceptors (Lipinski definition) is 6. The third-order valence-corrected chi connectivity index (χ3v) is 10.1. The minimum Gasteiger partial charge on any atom is -0.395 e. The molecule has 0 bridgehead atoms. The lowest BCUT2D eigenvalue weighted by Crippen LogP contribution is -2.47. The highest BCUT2D eigenvalue weighted by Crippen LogP contribution is 2.59. The molecule has 4 rings (SSSR count). The second-order valence-corrected chi connectivity index (χ2v) is 12.8. The molecule has 182 valence electrons. The fourth-order valence-corrected chi connectivity index (χ4v) is 7.98. The van der Waals surface area contributed by atoms with Crippen LogP contribution in [0.3, 0.4) is 0 Å². The molecule has 3 unspecified atom stereocenters. The van der Waals surface area contributed by atoms with Crippen LogP contribution >= 0.6 is 11.3 Å². The first-order valence-electron chi connectivity index (χ1n) is 12.9. The highest BCUT2D eigenvalue weighted by Gasteiger charge is 2.50. The number of piperidine rings is 1. The molecule has 5 nitrogen and oxygen atoms in total. The summed E-state index contributed by atoms with van der Waals surface area (Å²) in [5.41, 5.74) is 2.28. The van der Waals surface area contributed by atoms with Gasteiger partial charge in [0.25, 0.3) is 0 Å². The Bertz CT molecular complexity index is 735. The molecule has 2 N–H and O–H groups in total. The van der Waals surface area contributed by atoms with E-state index in [1.54, 1.807) is 0 Å². The van der Waals surface area contributed by atoms with Crippen molar-refractivity contribution in [1.82, 2.24) is 9.88 Å². The summed E-state index contributed by atoms with van der Waals surface area (Å²) in [6.45, 7) is 13.7. The number of anilines is 1. The number of hydrogen-bond donors (Lipinski definition) is 2. The van der Waals surface area contributed by atoms with Crippen LogP contribution in [0.1, 0.15) is 84.3 Å². The molecule has 1 aromatic rings. The summed E-state index contributed by atoms with van der Waals surface area (Å²) >= 11 is 1.83. The Balaban J connectivity index is 1.37. The first-order valence-corrected chi connectivity index (χ1v) is 13.8. The number of aliphatic hydroxyl groups is 2. The molecular formula is C26H45N3O2S. The SMILES string of the molecule is CC1(C)CCC(C)(C)C2CC(c3csc(N4CCC(N(CCO)CCO)CC4)n3)CCC21. The lowest BCUT2D eigenvalue weighted by atomic mass is 9.49. The molecule has 0 radical (unpaired) electrons. The predicted octanol–water partition coefficient (Wildman–Crippen LogP) is 4.74. The molecule has 3 fully saturated rings. The van der Waals surface area contributed by atoms with E-state index in [0.29, 0.717) is 35.9 Å². The number of thiazole rings is 1. The van der Waals surface area contributed by atoms with E-state index in [2.05, 4.69) is 42.9 Å². The van der Waals surface area contributed by atoms with Crippen LogP contribution < -0.4 is 4.90 Å². The van der Waals surface area contributed by atoms with E-state index < -0.39 is 0 Å². The molecule has 1 saturated heterocycles. The van der Waals surface area contributed by atoms with Gasteiger partial charge in [-0.25, -0.2) is 4.98 Å². The van der Waals surface area contributed by atoms with Crippen molar-refractivity contribution in [2.75, 3.05) is 44.3 Å². The summed E-state index contributed by atoms with van der Waals surface area (Å²) in [7, 11) is 0. The van der Waals surface area contributed by atoms with E-state index in [0.717, 1.165) is 37.8 Å². The highest BCUT2D eigenvalue weighted by molar-refractivity contribution is 7.13. The predicted molar refractivity (Wildman–Crippen MR) is 133 cm³/mol. The molecule has 0 amide bonds. The van der Waals surface area contributed by atoms with E-state index in [9.17, 15) is 10.2 Å². The van der Waals surface area contributed by atoms with Crippen LogP contribution in [-0.2, 0) is 0 Å². The van der Waals surface area contributed by atoms with Crippen molar-refractivity contribution in [2.45, 2.75) is 84.6 Å². The van der Waals surface area contributed by atoms with Gasteiger partial charge in [-0.3, -0.25) is 4.90 Å². The summed E-state index contributed by atoms with van der Waals surface area (Å²) in [4.78, 5) is 9.88. The molecule has 0 aromatic carbocycles. The molecule has 0 spiro atoms. The maximum atomic E-state index is 9.34. The van der Waals surface area contributed by atoms with Crippen molar-refractivity contribution < 1.29 is 10.2 Å². The third-order valence-electron chi connectivity index (χ3n) is 9.23. The number of aliphatic hydroxyl groups excluding tert-OH is 2. The second kappa shape index (κ2) is 9.89. The molecule has 1 aliphatic heterocycles. The summed E-state index contributed by atoms with van der Waals surface area (Å²) in [5, 5.41) is 22.2. The van der Waals surface area contributed by atoms with Gasteiger partial charge in [0.1, 0.15) is 0 Å². The van der Waals surface area contributed by atoms with Crippen molar-refractivity contribution in [3.8, 4) is 0 Å². The van der Waals surface area contributed by atoms with Gasteiger partial charge in [-0.05, 0) is 67.6 Å². The second-order valence-electron chi connectivity index (χ2n) is 12.0. The van der Waals surface area contributed by atoms with Crippen molar-refractivity contribution in [1.29, 1.82) is 0 Å². The first-order chi connectivity index (χ1) is 15.2. The van der Waals surface area contributed by atoms with Crippen LogP contribution in [0.25, 0.3) is 0 Å². The van der Waals surface area contributed by atoms with Gasteiger partial charge < -0.3 is 15.1 Å². The van der Waals surface area contributed by atoms with Crippen LogP contribution in [0, 0.1) is 22.7 Å². The van der Waals surface area contributed by atoms with E-state index in [1.807, 2.05) is 11.3 Å². The number of rotatable bonds is 7. The van der Waals surface area contributed by atoms with Crippen LogP contribution in [0.5, 0.6) is 0 Å². The molecule has 1 aromatic heterocycles. The molecule has 3 atom stereocenters. The van der Waals surface area contributed by atoms with Gasteiger partial charge in [-0.1, -0.05) is 27.7 Å². The van der Waals surface area contributed by atoms with Gasteiger partial charge >= 0.3 is 0 Å². The zero-order chi connectivity index (χ0) is 22.9. The molecular weight excluding hydrogens is 418 g/mol. The Morgan fingerprint density at radius 2 is 1.59 bits per heavy atom. The average molecular weight is 464 g/mol. The molecule has 3 aliphatic rings. The van der Waals surface area contributed by atoms with Gasteiger partial charge in [0.15, 0.2) is 5.13 Å². The molecule has 2 heterocycles. The van der Waals surface area contributed by atoms with E-state index in [4.69, 9.17) is 4.98 Å². The Hall–Kier alpha value is -0.690. The van der Waals surface area contributed by atoms with Crippen molar-refractivity contribution in [2.24, 2.45) is 22.7 Å². The van der Waals surface area contributed by atoms with Crippen molar-refractivity contribution in [3.63, 3.8) is 0 Å². The zero-order valence-electron chi connectivity index (χ0n) is 20.7. The van der Waals surface area contributed by atoms with Crippen LogP contribution in [-0.4, -0.2) is 65.5 Å². The summed E-state index contributed by atoms with van der Waals surface area (Å²) in [5.74, 6) is 2.30. The summed E-state index contributed by atoms with van der Waals surface area (Å²) in [6, 6.07) is 0.456. The fraction of sp³-hybridized carbons (Fsp3) is 0.885. The monoisotopic (exact) mass is 463 g/mol. The topological polar surface area (TPSA) is 59.8 Å². The third kappa shape index (κ3) is 5.03. The smallest absolute Gasteiger partial charge is 0.185 e. The molecule has 6 heteroatoms. The van der Waals surface area contributed by atoms with Gasteiger partial charge in [-0.15, -0.1) is 11.3 Å². The summed E-state index contributed by atoms with van der Waals surface area (Å²) in [6.07, 6.45) is 8.84. The van der Waals surface area contributed by atoms with Gasteiger partial charge in [0, 0.05) is 43.5 Å². The quantitative estimate of drug-likeness (QED) is 0.611. The van der Waals surface area contributed by atoms with Crippen molar-refractivity contribution >= 4 is 16.5 Å². The normalized spacial score (nSPS) is 30.5. The molecule has 2 saturated carbocycles. The lowest BCUT2D eigenvalue weighted by molar-refractivity contribution is -0.0501. The maximum Gasteiger partial charge on any atom is 0.185 e. The van der Waals surface area contributed by atoms with Crippen LogP contribution in [0.15, 0.2) is 5.38 Å². The minimum atomic E-state index is 0.160. The zero-order valence-corrected chi connectivity index (χ0v) is 21.5. The number of nitrogens with zero attached hydrogens (tertiary/aromatic N) is 3. The highest BCUT2D eigenvalue weighted by atomic mass is 32.1. The Morgan fingerprint density at radius 1 is 0.969 bits per heavy atom. The lowest BCUT2D eigenvalue weighted by Gasteiger charge is -2.55. The maximum absolute atomic E-state index is 9.34. The molecule has 2 aliphatic carbocycles. The van der Waals surface area contributed by atoms with Crippen LogP contribution in [0.4, 0.5) is 5.13 Å². The minimum absolute atomic E-state index is 0.160. The standard InChI is InChI=1S/C26H45N3O2S/c1-25(2)9-10-26(3,4)22-17-19(5-6-21(22)25)23-18-32-24(27-23)29-11-7-20(8-12-29)28(13-15-30)14-16-31/h18-22,30-31H,5-17H2,1-4H3. The Morgan fingerprint density at radius 3 is 2.22 bits per heavy atom. The Labute approximate surface area is 199 Å². The van der Waals surface area contributed by atoms with Crippen molar-refractivity contribution in [3.05, 3.63) is 11.1 Å². The molecule has 32 heavy (non-hydrogen) atoms. The first kappa shape index (κ1) is 24.4. The number of fused-ring (bicyclic) bond motifs is 1. The van der Waals surface area contributed by atoms with Gasteiger partial charge in [-0.2, -0.15) is 0 Å². The number of aromatic nitrogens is 1. The van der Waals surface area contributed by atoms with Gasteiger partial charge in [0.05, 0.1) is 18.9 Å². The fourth-order valence-electron chi connectivity index (χ4n) is 7.02. The van der Waals surface area contributed by atoms with E-state index in [-0.39, 0.29) is 13.2 Å². The van der Waals surface area contributed by atoms with E-state index in [1.165, 1.54) is 42.9 Å². The van der Waals surface area contributed by atoms with Gasteiger partial charge in [0.2, 0.25) is 0 Å². The Kier molecular flexibility index (Phi) is 7.55. The summed E-state index contributed by atoms with van der Waals surface area (Å²) < 4.78 is 0. The average Bonchev–Trinajstić information content (AvgIpc) is 3.27.